The van der Waals surface area contributed by atoms with Crippen LogP contribution in [0.15, 0.2) is 36.4 Å². The van der Waals surface area contributed by atoms with Crippen LogP contribution in [0.2, 0.25) is 0 Å². The molecule has 0 radical (unpaired) electrons. The maximum Gasteiger partial charge on any atom is 0.195 e. The number of rotatable bonds is 6. The van der Waals surface area contributed by atoms with Crippen molar-refractivity contribution in [2.45, 2.75) is 31.5 Å². The Morgan fingerprint density at radius 2 is 1.94 bits per heavy atom. The second-order valence-corrected chi connectivity index (χ2v) is 9.05. The average Bonchev–Trinajstić information content (AvgIpc) is 3.06. The number of aromatic nitrogens is 1. The molecule has 7 heteroatoms. The van der Waals surface area contributed by atoms with Crippen molar-refractivity contribution in [2.75, 3.05) is 26.4 Å². The van der Waals surface area contributed by atoms with E-state index in [0.717, 1.165) is 33.5 Å². The average molecular weight is 437 g/mol. The highest BCUT2D eigenvalue weighted by atomic mass is 16.6. The van der Waals surface area contributed by atoms with E-state index in [1.165, 1.54) is 0 Å². The van der Waals surface area contributed by atoms with Gasteiger partial charge in [0.25, 0.3) is 0 Å². The van der Waals surface area contributed by atoms with Crippen molar-refractivity contribution in [2.24, 2.45) is 7.05 Å². The molecule has 1 saturated heterocycles. The fourth-order valence-electron chi connectivity index (χ4n) is 4.76. The van der Waals surface area contributed by atoms with E-state index < -0.39 is 11.5 Å². The molecule has 3 aromatic rings. The molecule has 168 valence electrons. The zero-order valence-electron chi connectivity index (χ0n) is 18.4. The standard InChI is InChI=1S/C25H27NO6/c1-25(2)20-8-15(31-11-14(28)10-27)4-6-18(20)23(29)22-19-7-5-16(32-17-12-30-13-17)9-21(19)26(3)24(22)25/h4-9,14,17,27-28H,10-13H2,1-3H3. The summed E-state index contributed by atoms with van der Waals surface area (Å²) < 4.78 is 18.9. The Bertz CT molecular complexity index is 1210. The first-order chi connectivity index (χ1) is 15.3. The number of aliphatic hydroxyl groups excluding tert-OH is 2. The summed E-state index contributed by atoms with van der Waals surface area (Å²) in [5.41, 5.74) is 3.69. The van der Waals surface area contributed by atoms with Gasteiger partial charge in [0.15, 0.2) is 5.78 Å². The number of hydrogen-bond donors (Lipinski definition) is 2. The third kappa shape index (κ3) is 3.20. The van der Waals surface area contributed by atoms with Crippen LogP contribution in [0.4, 0.5) is 0 Å². The molecule has 2 aliphatic rings. The predicted octanol–water partition coefficient (Wildman–Crippen LogP) is 2.56. The minimum Gasteiger partial charge on any atom is -0.491 e. The number of fused-ring (bicyclic) bond motifs is 4. The Balaban J connectivity index is 1.58. The number of benzene rings is 2. The second-order valence-electron chi connectivity index (χ2n) is 9.05. The van der Waals surface area contributed by atoms with E-state index in [2.05, 4.69) is 18.4 Å². The van der Waals surface area contributed by atoms with Gasteiger partial charge in [-0.05, 0) is 35.9 Å². The summed E-state index contributed by atoms with van der Waals surface area (Å²) in [5.74, 6) is 1.31. The molecular formula is C25H27NO6. The molecular weight excluding hydrogens is 410 g/mol. The summed E-state index contributed by atoms with van der Waals surface area (Å²) in [6, 6.07) is 11.3. The highest BCUT2D eigenvalue weighted by molar-refractivity contribution is 6.20. The third-order valence-electron chi connectivity index (χ3n) is 6.46. The van der Waals surface area contributed by atoms with Crippen LogP contribution in [0.5, 0.6) is 11.5 Å². The number of carbonyl (C=O) groups excluding carboxylic acids is 1. The molecule has 1 aromatic heterocycles. The van der Waals surface area contributed by atoms with Crippen LogP contribution in [0.1, 0.15) is 41.0 Å². The Morgan fingerprint density at radius 1 is 1.19 bits per heavy atom. The van der Waals surface area contributed by atoms with E-state index in [4.69, 9.17) is 19.3 Å². The van der Waals surface area contributed by atoms with Crippen molar-refractivity contribution in [3.05, 3.63) is 58.8 Å². The molecule has 1 fully saturated rings. The fourth-order valence-corrected chi connectivity index (χ4v) is 4.76. The largest absolute Gasteiger partial charge is 0.491 e. The van der Waals surface area contributed by atoms with Crippen LogP contribution in [0.25, 0.3) is 10.9 Å². The van der Waals surface area contributed by atoms with Crippen molar-refractivity contribution in [1.82, 2.24) is 4.57 Å². The molecule has 0 amide bonds. The molecule has 7 nitrogen and oxygen atoms in total. The van der Waals surface area contributed by atoms with Gasteiger partial charge in [-0.3, -0.25) is 4.79 Å². The smallest absolute Gasteiger partial charge is 0.195 e. The maximum absolute atomic E-state index is 13.6. The van der Waals surface area contributed by atoms with E-state index in [9.17, 15) is 9.90 Å². The molecule has 2 aromatic carbocycles. The maximum atomic E-state index is 13.6. The van der Waals surface area contributed by atoms with Crippen LogP contribution in [0.3, 0.4) is 0 Å². The van der Waals surface area contributed by atoms with Crippen LogP contribution in [0, 0.1) is 0 Å². The zero-order valence-corrected chi connectivity index (χ0v) is 18.4. The molecule has 0 saturated carbocycles. The number of aryl methyl sites for hydroxylation is 1. The molecule has 5 rings (SSSR count). The lowest BCUT2D eigenvalue weighted by Gasteiger charge is -2.34. The highest BCUT2D eigenvalue weighted by Crippen LogP contribution is 2.46. The van der Waals surface area contributed by atoms with Gasteiger partial charge >= 0.3 is 0 Å². The highest BCUT2D eigenvalue weighted by Gasteiger charge is 2.41. The Hall–Kier alpha value is -2.87. The first-order valence-corrected chi connectivity index (χ1v) is 10.8. The van der Waals surface area contributed by atoms with Gasteiger partial charge in [-0.25, -0.2) is 0 Å². The molecule has 1 aliphatic carbocycles. The number of nitrogens with zero attached hydrogens (tertiary/aromatic N) is 1. The van der Waals surface area contributed by atoms with Gasteiger partial charge in [-0.2, -0.15) is 0 Å². The van der Waals surface area contributed by atoms with Gasteiger partial charge in [-0.1, -0.05) is 13.8 Å². The molecule has 1 atom stereocenters. The zero-order chi connectivity index (χ0) is 22.6. The molecule has 2 heterocycles. The SMILES string of the molecule is Cn1c2c(c3ccc(OC4COC4)cc31)C(=O)c1ccc(OCC(O)CO)cc1C2(C)C. The first-order valence-electron chi connectivity index (χ1n) is 10.8. The van der Waals surface area contributed by atoms with E-state index in [1.807, 2.05) is 31.3 Å². The van der Waals surface area contributed by atoms with Crippen molar-refractivity contribution < 1.29 is 29.2 Å². The van der Waals surface area contributed by atoms with Gasteiger partial charge in [0.2, 0.25) is 0 Å². The summed E-state index contributed by atoms with van der Waals surface area (Å²) in [4.78, 5) is 13.6. The number of aliphatic hydroxyl groups is 2. The topological polar surface area (TPSA) is 90.2 Å². The Morgan fingerprint density at radius 3 is 2.62 bits per heavy atom. The van der Waals surface area contributed by atoms with Crippen LogP contribution in [-0.2, 0) is 17.2 Å². The van der Waals surface area contributed by atoms with Gasteiger partial charge in [0.05, 0.1) is 30.9 Å². The number of carbonyl (C=O) groups is 1. The molecule has 32 heavy (non-hydrogen) atoms. The molecule has 1 aliphatic heterocycles. The van der Waals surface area contributed by atoms with Crippen LogP contribution < -0.4 is 9.47 Å². The predicted molar refractivity (Wildman–Crippen MR) is 119 cm³/mol. The summed E-state index contributed by atoms with van der Waals surface area (Å²) in [7, 11) is 1.98. The van der Waals surface area contributed by atoms with Crippen molar-refractivity contribution in [1.29, 1.82) is 0 Å². The first kappa shape index (κ1) is 21.0. The molecule has 1 unspecified atom stereocenters. The molecule has 0 spiro atoms. The third-order valence-corrected chi connectivity index (χ3v) is 6.46. The lowest BCUT2D eigenvalue weighted by Crippen LogP contribution is -2.38. The van der Waals surface area contributed by atoms with E-state index >= 15 is 0 Å². The second kappa shape index (κ2) is 7.62. The molecule has 0 bridgehead atoms. The number of hydrogen-bond acceptors (Lipinski definition) is 6. The van der Waals surface area contributed by atoms with Crippen molar-refractivity contribution in [3.8, 4) is 11.5 Å². The van der Waals surface area contributed by atoms with Gasteiger partial charge in [-0.15, -0.1) is 0 Å². The number of ketones is 1. The Kier molecular flexibility index (Phi) is 5.00. The lowest BCUT2D eigenvalue weighted by molar-refractivity contribution is -0.0796. The normalized spacial score (nSPS) is 18.1. The summed E-state index contributed by atoms with van der Waals surface area (Å²) in [5, 5.41) is 19.5. The van der Waals surface area contributed by atoms with Crippen LogP contribution in [-0.4, -0.2) is 59.2 Å². The minimum absolute atomic E-state index is 0.0112. The van der Waals surface area contributed by atoms with Crippen LogP contribution >= 0.6 is 0 Å². The minimum atomic E-state index is -0.951. The van der Waals surface area contributed by atoms with E-state index in [-0.39, 0.29) is 25.1 Å². The van der Waals surface area contributed by atoms with Gasteiger partial charge in [0, 0.05) is 35.2 Å². The monoisotopic (exact) mass is 437 g/mol. The van der Waals surface area contributed by atoms with Gasteiger partial charge in [0.1, 0.15) is 30.3 Å². The summed E-state index contributed by atoms with van der Waals surface area (Å²) in [6.07, 6.45) is -0.874. The fraction of sp³-hybridized carbons (Fsp3) is 0.400. The summed E-state index contributed by atoms with van der Waals surface area (Å²) >= 11 is 0. The van der Waals surface area contributed by atoms with Crippen molar-refractivity contribution >= 4 is 16.7 Å². The van der Waals surface area contributed by atoms with Crippen molar-refractivity contribution in [3.63, 3.8) is 0 Å². The number of ether oxygens (including phenoxy) is 3. The molecule has 2 N–H and O–H groups in total. The van der Waals surface area contributed by atoms with Gasteiger partial charge < -0.3 is 29.0 Å². The van der Waals surface area contributed by atoms with E-state index in [1.54, 1.807) is 12.1 Å². The summed E-state index contributed by atoms with van der Waals surface area (Å²) in [6.45, 7) is 5.02. The lowest BCUT2D eigenvalue weighted by atomic mass is 9.71. The Labute approximate surface area is 186 Å². The quantitative estimate of drug-likeness (QED) is 0.616. The van der Waals surface area contributed by atoms with E-state index in [0.29, 0.717) is 24.5 Å².